The predicted molar refractivity (Wildman–Crippen MR) is 378 cm³/mol. The molecule has 0 spiro atoms. The molecule has 0 bridgehead atoms. The molecule has 11 heteroatoms. The Morgan fingerprint density at radius 1 is 0.213 bits per heavy atom. The van der Waals surface area contributed by atoms with E-state index in [1.54, 1.807) is 0 Å². The first kappa shape index (κ1) is 58.0. The summed E-state index contributed by atoms with van der Waals surface area (Å²) < 4.78 is 28.8. The van der Waals surface area contributed by atoms with Gasteiger partial charge in [0.2, 0.25) is 0 Å². The molecule has 0 aliphatic heterocycles. The third-order valence-corrected chi connectivity index (χ3v) is 19.4. The average Bonchev–Trinajstić information content (AvgIpc) is 0.785. The summed E-state index contributed by atoms with van der Waals surface area (Å²) in [4.78, 5) is 34.2. The Bertz CT molecular complexity index is 5090. The predicted octanol–water partition coefficient (Wildman–Crippen LogP) is 19.3. The molecule has 3 heterocycles. The minimum atomic E-state index is -3.41. The van der Waals surface area contributed by atoms with Gasteiger partial charge in [-0.25, -0.2) is 29.9 Å². The highest BCUT2D eigenvalue weighted by Crippen LogP contribution is 2.44. The van der Waals surface area contributed by atoms with Crippen LogP contribution in [0.5, 0.6) is 23.0 Å². The van der Waals surface area contributed by atoms with Crippen LogP contribution in [0.25, 0.3) is 113 Å². The fraction of sp³-hybridized carbons (Fsp3) is 0. The van der Waals surface area contributed by atoms with Crippen LogP contribution in [0.2, 0.25) is 0 Å². The third kappa shape index (κ3) is 12.6. The van der Waals surface area contributed by atoms with E-state index in [1.165, 1.54) is 0 Å². The number of pyridine rings is 1. The number of ether oxygens (including phenoxy) is 2. The van der Waals surface area contributed by atoms with Gasteiger partial charge in [0.15, 0.2) is 42.1 Å². The molecule has 94 heavy (non-hydrogen) atoms. The SMILES string of the molecule is O=P(c1ccccc1)(c1ccc(-c2ccc(Oc3ccc(-c4nc(-c5ccccc5)nc(-c5ccccc5)n4)cc3)cc2)cc1)c1cccc(-c2cccc(-c3nc(-c4ccccc4)nc(-c4ccc(Oc5ccc(-c6ccc(-c7ccccn7)cc6)cc5)cc4)n3)c2)c1. The third-order valence-electron chi connectivity index (χ3n) is 16.3. The number of hydrogen-bond donors (Lipinski definition) is 0. The monoisotopic (exact) mass is 1230 g/mol. The Kier molecular flexibility index (Phi) is 16.2. The lowest BCUT2D eigenvalue weighted by atomic mass is 10.0. The number of aromatic nitrogens is 7. The smallest absolute Gasteiger partial charge is 0.171 e. The van der Waals surface area contributed by atoms with Gasteiger partial charge >= 0.3 is 0 Å². The van der Waals surface area contributed by atoms with E-state index >= 15 is 4.57 Å². The molecule has 446 valence electrons. The standard InChI is InChI=1S/C83H56N7O3P/c91-94(74-26-11-4-12-27-74,75-52-42-60(43-53-75)59-36-46-71(47-37-59)93-72-48-38-65(39-49-72)81-86-78(62-17-5-1-6-18-62)85-79(87-81)63-19-7-2-8-20-63)76-28-16-24-68(56-76)67-23-15-25-69(55-67)83-89-80(64-21-9-3-10-22-64)88-82(90-83)66-40-50-73(51-41-66)92-70-44-34-58(35-45-70)57-30-32-61(33-31-57)77-29-13-14-54-84-77/h1-56H. The maximum Gasteiger partial charge on any atom is 0.171 e. The molecule has 0 radical (unpaired) electrons. The largest absolute Gasteiger partial charge is 0.457 e. The van der Waals surface area contributed by atoms with Gasteiger partial charge in [-0.2, -0.15) is 0 Å². The van der Waals surface area contributed by atoms with E-state index in [4.69, 9.17) is 39.4 Å². The van der Waals surface area contributed by atoms with E-state index in [-0.39, 0.29) is 0 Å². The van der Waals surface area contributed by atoms with Gasteiger partial charge in [-0.1, -0.05) is 237 Å². The molecular weight excluding hydrogens is 1170 g/mol. The molecule has 10 nitrogen and oxygen atoms in total. The van der Waals surface area contributed by atoms with Gasteiger partial charge in [0, 0.05) is 61.1 Å². The first-order valence-corrected chi connectivity index (χ1v) is 32.5. The lowest BCUT2D eigenvalue weighted by Gasteiger charge is -2.21. The fourth-order valence-corrected chi connectivity index (χ4v) is 14.0. The highest BCUT2D eigenvalue weighted by atomic mass is 31.2. The zero-order chi connectivity index (χ0) is 63.1. The van der Waals surface area contributed by atoms with Gasteiger partial charge in [-0.3, -0.25) is 4.98 Å². The van der Waals surface area contributed by atoms with Crippen LogP contribution in [0.4, 0.5) is 0 Å². The second-order valence-electron chi connectivity index (χ2n) is 22.4. The second kappa shape index (κ2) is 26.2. The van der Waals surface area contributed by atoms with Crippen molar-refractivity contribution in [1.29, 1.82) is 0 Å². The van der Waals surface area contributed by atoms with Crippen LogP contribution in [-0.4, -0.2) is 34.9 Å². The molecule has 1 unspecified atom stereocenters. The van der Waals surface area contributed by atoms with Crippen LogP contribution in [0.1, 0.15) is 0 Å². The van der Waals surface area contributed by atoms with E-state index in [2.05, 4.69) is 65.6 Å². The van der Waals surface area contributed by atoms with Crippen molar-refractivity contribution in [3.8, 4) is 136 Å². The van der Waals surface area contributed by atoms with E-state index in [1.807, 2.05) is 279 Å². The van der Waals surface area contributed by atoms with Gasteiger partial charge in [-0.15, -0.1) is 0 Å². The van der Waals surface area contributed by atoms with Crippen LogP contribution in [0.15, 0.2) is 340 Å². The van der Waals surface area contributed by atoms with Crippen molar-refractivity contribution in [2.24, 2.45) is 0 Å². The Morgan fingerprint density at radius 3 is 0.915 bits per heavy atom. The number of benzene rings is 12. The maximum atomic E-state index is 16.1. The lowest BCUT2D eigenvalue weighted by molar-refractivity contribution is 0.482. The molecule has 0 aliphatic carbocycles. The highest BCUT2D eigenvalue weighted by molar-refractivity contribution is 7.85. The van der Waals surface area contributed by atoms with Crippen molar-refractivity contribution in [3.05, 3.63) is 340 Å². The molecule has 0 aliphatic rings. The first-order chi connectivity index (χ1) is 46.4. The number of rotatable bonds is 17. The summed E-state index contributed by atoms with van der Waals surface area (Å²) in [5.41, 5.74) is 13.2. The van der Waals surface area contributed by atoms with Crippen LogP contribution < -0.4 is 25.4 Å². The summed E-state index contributed by atoms with van der Waals surface area (Å²) in [5, 5.41) is 2.18. The van der Waals surface area contributed by atoms with Crippen LogP contribution >= 0.6 is 7.14 Å². The molecule has 0 fully saturated rings. The van der Waals surface area contributed by atoms with E-state index < -0.39 is 7.14 Å². The molecule has 0 saturated heterocycles. The van der Waals surface area contributed by atoms with Crippen LogP contribution in [-0.2, 0) is 4.57 Å². The molecule has 3 aromatic heterocycles. The summed E-state index contributed by atoms with van der Waals surface area (Å²) in [7, 11) is -3.41. The lowest BCUT2D eigenvalue weighted by Crippen LogP contribution is -2.25. The average molecular weight is 1230 g/mol. The normalized spacial score (nSPS) is 11.7. The van der Waals surface area contributed by atoms with Crippen molar-refractivity contribution in [2.45, 2.75) is 0 Å². The van der Waals surface area contributed by atoms with Crippen molar-refractivity contribution in [3.63, 3.8) is 0 Å². The second-order valence-corrected chi connectivity index (χ2v) is 25.2. The quantitative estimate of drug-likeness (QED) is 0.0814. The molecule has 0 N–H and O–H groups in total. The highest BCUT2D eigenvalue weighted by Gasteiger charge is 2.30. The molecule has 1 atom stereocenters. The zero-order valence-corrected chi connectivity index (χ0v) is 51.5. The molecule has 0 saturated carbocycles. The number of nitrogens with zero attached hydrogens (tertiary/aromatic N) is 7. The van der Waals surface area contributed by atoms with Gasteiger partial charge in [0.25, 0.3) is 0 Å². The van der Waals surface area contributed by atoms with Gasteiger partial charge in [0.05, 0.1) is 5.69 Å². The number of hydrogen-bond acceptors (Lipinski definition) is 10. The minimum absolute atomic E-state index is 0.519. The van der Waals surface area contributed by atoms with Gasteiger partial charge in [0.1, 0.15) is 23.0 Å². The van der Waals surface area contributed by atoms with E-state index in [0.717, 1.165) is 94.4 Å². The summed E-state index contributed by atoms with van der Waals surface area (Å²) in [5.74, 6) is 6.14. The van der Waals surface area contributed by atoms with E-state index in [0.29, 0.717) is 57.5 Å². The molecule has 15 rings (SSSR count). The van der Waals surface area contributed by atoms with Crippen molar-refractivity contribution in [2.75, 3.05) is 0 Å². The van der Waals surface area contributed by atoms with Crippen LogP contribution in [0.3, 0.4) is 0 Å². The van der Waals surface area contributed by atoms with Gasteiger partial charge < -0.3 is 14.0 Å². The molecule has 12 aromatic carbocycles. The summed E-state index contributed by atoms with van der Waals surface area (Å²) in [6.07, 6.45) is 1.81. The summed E-state index contributed by atoms with van der Waals surface area (Å²) in [6.45, 7) is 0. The topological polar surface area (TPSA) is 126 Å². The summed E-state index contributed by atoms with van der Waals surface area (Å²) >= 11 is 0. The minimum Gasteiger partial charge on any atom is -0.457 e. The van der Waals surface area contributed by atoms with Crippen LogP contribution in [0, 0.1) is 0 Å². The Hall–Kier alpha value is -12.4. The first-order valence-electron chi connectivity index (χ1n) is 30.8. The molecule has 15 aromatic rings. The Balaban J connectivity index is 0.655. The fourth-order valence-electron chi connectivity index (χ4n) is 11.4. The Labute approximate surface area is 544 Å². The van der Waals surface area contributed by atoms with Crippen molar-refractivity contribution < 1.29 is 14.0 Å². The van der Waals surface area contributed by atoms with Crippen molar-refractivity contribution >= 4 is 23.1 Å². The van der Waals surface area contributed by atoms with Gasteiger partial charge in [-0.05, 0) is 130 Å². The Morgan fingerprint density at radius 2 is 0.500 bits per heavy atom. The zero-order valence-electron chi connectivity index (χ0n) is 50.6. The maximum absolute atomic E-state index is 16.1. The summed E-state index contributed by atoms with van der Waals surface area (Å²) in [6, 6.07) is 110. The molecule has 0 amide bonds. The van der Waals surface area contributed by atoms with Crippen molar-refractivity contribution in [1.82, 2.24) is 34.9 Å². The van der Waals surface area contributed by atoms with E-state index in [9.17, 15) is 0 Å². The molecular formula is C83H56N7O3P.